The lowest BCUT2D eigenvalue weighted by Crippen LogP contribution is -2.83. The Morgan fingerprint density at radius 2 is 1.33 bits per heavy atom. The first kappa shape index (κ1) is 53.0. The van der Waals surface area contributed by atoms with E-state index in [0.29, 0.717) is 42.6 Å². The van der Waals surface area contributed by atoms with Gasteiger partial charge in [0.15, 0.2) is 34.9 Å². The van der Waals surface area contributed by atoms with Crippen molar-refractivity contribution in [2.24, 2.45) is 34.5 Å². The van der Waals surface area contributed by atoms with Gasteiger partial charge in [-0.3, -0.25) is 9.69 Å². The average molecular weight is 1060 g/mol. The average Bonchev–Trinajstić information content (AvgIpc) is 3.30. The molecule has 2 aromatic rings. The van der Waals surface area contributed by atoms with Crippen molar-refractivity contribution in [1.29, 1.82) is 0 Å². The lowest BCUT2D eigenvalue weighted by Gasteiger charge is -2.75. The molecule has 0 radical (unpaired) electrons. The highest BCUT2D eigenvalue weighted by molar-refractivity contribution is 5.90. The van der Waals surface area contributed by atoms with Gasteiger partial charge in [-0.2, -0.15) is 0 Å². The number of carboxylic acids is 2. The summed E-state index contributed by atoms with van der Waals surface area (Å²) in [7, 11) is 3.78. The summed E-state index contributed by atoms with van der Waals surface area (Å²) in [5.74, 6) is -0.962. The quantitative estimate of drug-likeness (QED) is 0.140. The summed E-state index contributed by atoms with van der Waals surface area (Å²) in [6.45, 7) is 18.0. The molecule has 3 spiro atoms. The van der Waals surface area contributed by atoms with Crippen molar-refractivity contribution in [3.63, 3.8) is 0 Å². The maximum absolute atomic E-state index is 13.1. The van der Waals surface area contributed by atoms with Gasteiger partial charge in [0.2, 0.25) is 0 Å². The highest BCUT2D eigenvalue weighted by Gasteiger charge is 2.82. The predicted octanol–water partition coefficient (Wildman–Crippen LogP) is 6.14. The van der Waals surface area contributed by atoms with Crippen LogP contribution in [-0.4, -0.2) is 147 Å². The second kappa shape index (κ2) is 17.8. The summed E-state index contributed by atoms with van der Waals surface area (Å²) >= 11 is 0. The number of aliphatic carboxylic acids is 2. The zero-order valence-electron chi connectivity index (χ0n) is 45.7. The molecule has 2 amide bonds. The van der Waals surface area contributed by atoms with E-state index < -0.39 is 64.5 Å². The number of likely N-dealkylation sites (tertiary alicyclic amines) is 2. The molecule has 0 aromatic heterocycles. The summed E-state index contributed by atoms with van der Waals surface area (Å²) in [4.78, 5) is 66.7. The summed E-state index contributed by atoms with van der Waals surface area (Å²) in [6.07, 6.45) is 6.04. The number of amides is 2. The number of benzene rings is 2. The topological polar surface area (TPSA) is 243 Å². The number of carboxylic acid groups (broad SMARTS) is 2. The molecule has 2 unspecified atom stereocenters. The molecule has 7 fully saturated rings. The number of methoxy groups -OCH3 is 1. The van der Waals surface area contributed by atoms with Gasteiger partial charge in [-0.1, -0.05) is 60.6 Å². The van der Waals surface area contributed by atoms with Crippen molar-refractivity contribution in [1.82, 2.24) is 20.4 Å². The lowest BCUT2D eigenvalue weighted by molar-refractivity contribution is -0.312. The highest BCUT2D eigenvalue weighted by atomic mass is 16.6. The van der Waals surface area contributed by atoms with Crippen molar-refractivity contribution >= 4 is 29.9 Å². The van der Waals surface area contributed by atoms with E-state index in [0.717, 1.165) is 74.3 Å². The van der Waals surface area contributed by atoms with Gasteiger partial charge >= 0.3 is 24.1 Å². The van der Waals surface area contributed by atoms with Gasteiger partial charge < -0.3 is 59.6 Å². The number of ether oxygens (including phenoxy) is 5. The fraction of sp³-hybridized carbons (Fsp3) is 0.707. The molecule has 18 nitrogen and oxygen atoms in total. The molecule has 11 aliphatic rings. The van der Waals surface area contributed by atoms with Crippen LogP contribution in [0.25, 0.3) is 0 Å². The van der Waals surface area contributed by atoms with Gasteiger partial charge in [0.05, 0.1) is 16.6 Å². The number of hydrogen-bond donors (Lipinski definition) is 6. The smallest absolute Gasteiger partial charge is 0.413 e. The first-order chi connectivity index (χ1) is 35.7. The van der Waals surface area contributed by atoms with Gasteiger partial charge in [0.25, 0.3) is 0 Å². The van der Waals surface area contributed by atoms with Crippen LogP contribution in [0.3, 0.4) is 0 Å². The van der Waals surface area contributed by atoms with Crippen molar-refractivity contribution in [3.8, 4) is 23.0 Å². The van der Waals surface area contributed by atoms with Gasteiger partial charge in [0.1, 0.15) is 23.8 Å². The fourth-order valence-electron chi connectivity index (χ4n) is 16.8. The maximum atomic E-state index is 13.1. The van der Waals surface area contributed by atoms with Crippen molar-refractivity contribution in [2.75, 3.05) is 33.8 Å². The van der Waals surface area contributed by atoms with Crippen molar-refractivity contribution in [3.05, 3.63) is 46.5 Å². The van der Waals surface area contributed by atoms with Crippen LogP contribution in [0.1, 0.15) is 135 Å². The molecule has 4 aliphatic heterocycles. The monoisotopic (exact) mass is 1050 g/mol. The number of ketones is 1. The van der Waals surface area contributed by atoms with Gasteiger partial charge in [0, 0.05) is 60.0 Å². The molecule has 4 heterocycles. The largest absolute Gasteiger partial charge is 0.482 e. The van der Waals surface area contributed by atoms with Crippen LogP contribution < -0.4 is 29.6 Å². The van der Waals surface area contributed by atoms with Crippen LogP contribution in [0, 0.1) is 34.5 Å². The number of piperidine rings is 2. The standard InChI is InChI=1S/C35H50N2O7.C23H28N2O7/c1-19(2)26(28(38)39)36-30(40)43-22-11-10-21-16-24-33-12-13-35(42-7,23(17-33)32(6,41)31(3,4)5)29-34(33,25(21)27(22)44-29)14-15-37(24)18-20-8-9-20;1-11(2)17(20(27)28)24-21(29)31-14-5-4-12-10-15-23(30)7-6-13(26)19-22(23,8-9-25(15)3)16(12)18(14)32-19/h10-11,19-20,23-24,26,29,41H,8-9,12-18H2,1-7H3,(H,36,40)(H,38,39);4-5,11,15,17,19,30H,6-10H2,1-3H3,(H,24,29)(H,27,28)/t23-,24-,26-,29?,32-,33-,34+,35-;15-,17-,19?,22+,23-/m11/s1. The molecule has 6 N–H and O–H groups in total. The summed E-state index contributed by atoms with van der Waals surface area (Å²) < 4.78 is 31.3. The number of likely N-dealkylation sites (N-methyl/N-ethyl adjacent to an activating group) is 1. The summed E-state index contributed by atoms with van der Waals surface area (Å²) in [5, 5.41) is 48.3. The van der Waals surface area contributed by atoms with Crippen LogP contribution >= 0.6 is 0 Å². The number of carbonyl (C=O) groups is 5. The van der Waals surface area contributed by atoms with E-state index in [4.69, 9.17) is 23.7 Å². The number of fused-ring (bicyclic) bond motifs is 2. The molecule has 7 aliphatic carbocycles. The third-order valence-corrected chi connectivity index (χ3v) is 21.2. The Balaban J connectivity index is 0.000000171. The minimum atomic E-state index is -1.15. The van der Waals surface area contributed by atoms with Gasteiger partial charge in [-0.05, 0) is 138 Å². The Kier molecular flexibility index (Phi) is 12.4. The zero-order valence-corrected chi connectivity index (χ0v) is 45.7. The zero-order chi connectivity index (χ0) is 54.6. The number of hydrogen-bond acceptors (Lipinski definition) is 14. The van der Waals surface area contributed by atoms with Crippen LogP contribution in [-0.2, 0) is 42.8 Å². The minimum Gasteiger partial charge on any atom is -0.482 e. The van der Waals surface area contributed by atoms with Gasteiger partial charge in [-0.15, -0.1) is 0 Å². The van der Waals surface area contributed by atoms with E-state index in [-0.39, 0.29) is 64.1 Å². The van der Waals surface area contributed by atoms with E-state index in [1.165, 1.54) is 18.4 Å². The molecule has 5 saturated carbocycles. The van der Waals surface area contributed by atoms with Crippen LogP contribution in [0.4, 0.5) is 9.59 Å². The van der Waals surface area contributed by atoms with E-state index in [2.05, 4.69) is 47.3 Å². The molecule has 18 heteroatoms. The molecule has 6 bridgehead atoms. The fourth-order valence-corrected chi connectivity index (χ4v) is 16.8. The highest BCUT2D eigenvalue weighted by Crippen LogP contribution is 2.78. The first-order valence-electron chi connectivity index (χ1n) is 27.8. The number of aliphatic hydroxyl groups is 2. The first-order valence-corrected chi connectivity index (χ1v) is 27.8. The SMILES string of the molecule is CC(C)[C@@H](NC(=O)Oc1ccc2c3c1OC1C(=O)CC[C@@]4(O)[C@@H](C2)N(C)CC[C@]314)C(=O)O.CO[C@]12CC[C@@]3(C[C@@H]1[C@@](C)(O)C(C)(C)C)[C@H]1Cc4ccc(OC(=O)N[C@@H](C(=O)O)C(C)C)c5c4[C@@]3(CCN1CC1CC1)C2O5. The molecule has 2 aromatic carbocycles. The maximum Gasteiger partial charge on any atom is 0.413 e. The Labute approximate surface area is 444 Å². The number of rotatable bonds is 12. The van der Waals surface area contributed by atoms with Gasteiger partial charge in [-0.25, -0.2) is 19.2 Å². The van der Waals surface area contributed by atoms with E-state index in [1.54, 1.807) is 40.9 Å². The predicted molar refractivity (Wildman–Crippen MR) is 276 cm³/mol. The summed E-state index contributed by atoms with van der Waals surface area (Å²) in [6, 6.07) is 5.45. The molecule has 13 rings (SSSR count). The molecular formula is C58H78N4O14. The van der Waals surface area contributed by atoms with Crippen molar-refractivity contribution in [2.45, 2.75) is 190 Å². The number of nitrogens with zero attached hydrogens (tertiary/aromatic N) is 2. The van der Waals surface area contributed by atoms with Crippen LogP contribution in [0.15, 0.2) is 24.3 Å². The summed E-state index contributed by atoms with van der Waals surface area (Å²) in [5.41, 5.74) is -0.380. The number of nitrogens with one attached hydrogen (secondary N) is 2. The second-order valence-corrected chi connectivity index (χ2v) is 26.2. The third-order valence-electron chi connectivity index (χ3n) is 21.2. The Morgan fingerprint density at radius 1 is 0.776 bits per heavy atom. The van der Waals surface area contributed by atoms with Crippen LogP contribution in [0.5, 0.6) is 23.0 Å². The molecule has 13 atom stereocenters. The van der Waals surface area contributed by atoms with E-state index >= 15 is 0 Å². The second-order valence-electron chi connectivity index (χ2n) is 26.2. The lowest BCUT2D eigenvalue weighted by atomic mass is 9.33. The third kappa shape index (κ3) is 7.23. The number of carbonyl (C=O) groups excluding carboxylic acids is 3. The normalized spacial score (nSPS) is 35.6. The van der Waals surface area contributed by atoms with Crippen molar-refractivity contribution < 1.29 is 68.1 Å². The van der Waals surface area contributed by atoms with Crippen LogP contribution in [0.2, 0.25) is 0 Å². The Hall–Kier alpha value is -5.01. The molecule has 414 valence electrons. The minimum absolute atomic E-state index is 0.0526. The van der Waals surface area contributed by atoms with E-state index in [1.807, 2.05) is 26.1 Å². The molecular weight excluding hydrogens is 977 g/mol. The molecule has 2 saturated heterocycles. The number of Topliss-reactive ketones (excluding diaryl/α,β-unsaturated/α-hetero) is 1. The van der Waals surface area contributed by atoms with E-state index in [9.17, 15) is 44.4 Å². The Morgan fingerprint density at radius 3 is 1.87 bits per heavy atom. The molecule has 76 heavy (non-hydrogen) atoms. The Bertz CT molecular complexity index is 2770.